The minimum atomic E-state index is -0.150. The van der Waals surface area contributed by atoms with Crippen LogP contribution in [0.15, 0.2) is 79.0 Å². The number of ether oxygens (including phenoxy) is 2. The standard InChI is InChI=1S/C27H27N5O3/c33-27(30-21-4-2-1-3-5-21)20-6-8-22(9-7-20)29-24-12-13-28-26-23(24)10-11-25(31-26)35-19-16-32-14-17-34-18-15-32/h1-13H,14-19H2,(H,30,33)(H,28,29,31). The van der Waals surface area contributed by atoms with Crippen molar-refractivity contribution in [2.24, 2.45) is 0 Å². The van der Waals surface area contributed by atoms with Crippen molar-refractivity contribution in [1.82, 2.24) is 14.9 Å². The Labute approximate surface area is 203 Å². The van der Waals surface area contributed by atoms with E-state index in [0.717, 1.165) is 55.3 Å². The first-order valence-electron chi connectivity index (χ1n) is 11.7. The largest absolute Gasteiger partial charge is 0.476 e. The predicted molar refractivity (Wildman–Crippen MR) is 136 cm³/mol. The molecule has 0 atom stereocenters. The number of hydrogen-bond acceptors (Lipinski definition) is 7. The SMILES string of the molecule is O=C(Nc1ccccc1)c1ccc(Nc2ccnc3nc(OCCN4CCOCC4)ccc23)cc1. The van der Waals surface area contributed by atoms with Crippen LogP contribution in [0.2, 0.25) is 0 Å². The molecule has 0 unspecified atom stereocenters. The van der Waals surface area contributed by atoms with Crippen LogP contribution in [0.25, 0.3) is 11.0 Å². The Morgan fingerprint density at radius 3 is 2.54 bits per heavy atom. The van der Waals surface area contributed by atoms with Gasteiger partial charge in [0.1, 0.15) is 6.61 Å². The van der Waals surface area contributed by atoms with Crippen molar-refractivity contribution in [1.29, 1.82) is 0 Å². The van der Waals surface area contributed by atoms with Gasteiger partial charge in [-0.1, -0.05) is 18.2 Å². The molecule has 0 aliphatic carbocycles. The summed E-state index contributed by atoms with van der Waals surface area (Å²) in [5.41, 5.74) is 3.70. The molecule has 2 aromatic heterocycles. The highest BCUT2D eigenvalue weighted by Gasteiger charge is 2.11. The molecule has 4 aromatic rings. The number of morpholine rings is 1. The van der Waals surface area contributed by atoms with Crippen LogP contribution in [-0.4, -0.2) is 60.2 Å². The lowest BCUT2D eigenvalue weighted by Gasteiger charge is -2.26. The van der Waals surface area contributed by atoms with Crippen molar-refractivity contribution < 1.29 is 14.3 Å². The zero-order chi connectivity index (χ0) is 23.9. The summed E-state index contributed by atoms with van der Waals surface area (Å²) in [5, 5.41) is 7.18. The first kappa shape index (κ1) is 22.8. The van der Waals surface area contributed by atoms with E-state index in [1.807, 2.05) is 60.7 Å². The summed E-state index contributed by atoms with van der Waals surface area (Å²) in [6.45, 7) is 4.83. The number of hydrogen-bond donors (Lipinski definition) is 2. The average molecular weight is 470 g/mol. The summed E-state index contributed by atoms with van der Waals surface area (Å²) in [4.78, 5) is 23.8. The maximum Gasteiger partial charge on any atom is 0.255 e. The summed E-state index contributed by atoms with van der Waals surface area (Å²) < 4.78 is 11.2. The highest BCUT2D eigenvalue weighted by atomic mass is 16.5. The maximum absolute atomic E-state index is 12.5. The van der Waals surface area contributed by atoms with E-state index >= 15 is 0 Å². The van der Waals surface area contributed by atoms with Gasteiger partial charge in [-0.05, 0) is 48.5 Å². The number of carbonyl (C=O) groups excluding carboxylic acids is 1. The Hall–Kier alpha value is -4.01. The monoisotopic (exact) mass is 469 g/mol. The van der Waals surface area contributed by atoms with Gasteiger partial charge in [0.2, 0.25) is 5.88 Å². The smallest absolute Gasteiger partial charge is 0.255 e. The third-order valence-corrected chi connectivity index (χ3v) is 5.80. The summed E-state index contributed by atoms with van der Waals surface area (Å²) >= 11 is 0. The Bertz CT molecular complexity index is 1280. The normalized spacial score (nSPS) is 13.9. The Morgan fingerprint density at radius 1 is 0.943 bits per heavy atom. The number of benzene rings is 2. The van der Waals surface area contributed by atoms with Crippen LogP contribution in [0, 0.1) is 0 Å². The minimum absolute atomic E-state index is 0.150. The molecule has 0 bridgehead atoms. The van der Waals surface area contributed by atoms with Gasteiger partial charge in [0.05, 0.1) is 18.9 Å². The third-order valence-electron chi connectivity index (χ3n) is 5.80. The molecule has 1 amide bonds. The number of carbonyl (C=O) groups is 1. The van der Waals surface area contributed by atoms with Gasteiger partial charge in [0.15, 0.2) is 5.65 Å². The molecule has 1 aliphatic rings. The summed E-state index contributed by atoms with van der Waals surface area (Å²) in [6, 6.07) is 22.5. The molecule has 0 radical (unpaired) electrons. The molecule has 1 fully saturated rings. The topological polar surface area (TPSA) is 88.6 Å². The first-order valence-corrected chi connectivity index (χ1v) is 11.7. The van der Waals surface area contributed by atoms with Crippen molar-refractivity contribution in [3.05, 3.63) is 84.6 Å². The highest BCUT2D eigenvalue weighted by molar-refractivity contribution is 6.04. The van der Waals surface area contributed by atoms with Gasteiger partial charge < -0.3 is 20.1 Å². The molecular weight excluding hydrogens is 442 g/mol. The van der Waals surface area contributed by atoms with Crippen molar-refractivity contribution in [3.63, 3.8) is 0 Å². The lowest BCUT2D eigenvalue weighted by molar-refractivity contribution is 0.0320. The van der Waals surface area contributed by atoms with Crippen LogP contribution >= 0.6 is 0 Å². The van der Waals surface area contributed by atoms with Gasteiger partial charge in [-0.2, -0.15) is 4.98 Å². The molecule has 35 heavy (non-hydrogen) atoms. The summed E-state index contributed by atoms with van der Waals surface area (Å²) in [6.07, 6.45) is 1.72. The van der Waals surface area contributed by atoms with E-state index in [9.17, 15) is 4.79 Å². The Morgan fingerprint density at radius 2 is 1.74 bits per heavy atom. The number of nitrogens with zero attached hydrogens (tertiary/aromatic N) is 3. The van der Waals surface area contributed by atoms with Gasteiger partial charge in [-0.25, -0.2) is 4.98 Å². The van der Waals surface area contributed by atoms with Gasteiger partial charge in [0.25, 0.3) is 5.91 Å². The van der Waals surface area contributed by atoms with Crippen LogP contribution in [0.3, 0.4) is 0 Å². The second kappa shape index (κ2) is 10.9. The molecule has 2 N–H and O–H groups in total. The quantitative estimate of drug-likeness (QED) is 0.397. The van der Waals surface area contributed by atoms with Crippen LogP contribution in [0.5, 0.6) is 5.88 Å². The Balaban J connectivity index is 1.22. The van der Waals surface area contributed by atoms with E-state index in [1.54, 1.807) is 18.3 Å². The molecular formula is C27H27N5O3. The highest BCUT2D eigenvalue weighted by Crippen LogP contribution is 2.26. The van der Waals surface area contributed by atoms with E-state index in [2.05, 4.69) is 25.5 Å². The molecule has 2 aromatic carbocycles. The number of anilines is 3. The van der Waals surface area contributed by atoms with E-state index < -0.39 is 0 Å². The van der Waals surface area contributed by atoms with E-state index in [1.165, 1.54) is 0 Å². The van der Waals surface area contributed by atoms with Gasteiger partial charge in [-0.15, -0.1) is 0 Å². The zero-order valence-electron chi connectivity index (χ0n) is 19.3. The Kier molecular flexibility index (Phi) is 7.12. The van der Waals surface area contributed by atoms with Crippen LogP contribution < -0.4 is 15.4 Å². The van der Waals surface area contributed by atoms with E-state index in [4.69, 9.17) is 9.47 Å². The van der Waals surface area contributed by atoms with Crippen molar-refractivity contribution >= 4 is 34.0 Å². The average Bonchev–Trinajstić information content (AvgIpc) is 2.90. The zero-order valence-corrected chi connectivity index (χ0v) is 19.3. The summed E-state index contributed by atoms with van der Waals surface area (Å²) in [5.74, 6) is 0.409. The molecule has 1 saturated heterocycles. The first-order chi connectivity index (χ1) is 17.2. The molecule has 5 rings (SSSR count). The number of amides is 1. The molecule has 0 spiro atoms. The lowest BCUT2D eigenvalue weighted by atomic mass is 10.1. The second-order valence-corrected chi connectivity index (χ2v) is 8.20. The molecule has 0 saturated carbocycles. The minimum Gasteiger partial charge on any atom is -0.476 e. The fourth-order valence-corrected chi connectivity index (χ4v) is 3.89. The lowest BCUT2D eigenvalue weighted by Crippen LogP contribution is -2.38. The fourth-order valence-electron chi connectivity index (χ4n) is 3.89. The molecule has 1 aliphatic heterocycles. The van der Waals surface area contributed by atoms with Crippen LogP contribution in [0.4, 0.5) is 17.1 Å². The second-order valence-electron chi connectivity index (χ2n) is 8.20. The van der Waals surface area contributed by atoms with Crippen molar-refractivity contribution in [2.75, 3.05) is 50.1 Å². The molecule has 8 nitrogen and oxygen atoms in total. The van der Waals surface area contributed by atoms with Crippen molar-refractivity contribution in [3.8, 4) is 5.88 Å². The number of para-hydroxylation sites is 1. The number of pyridine rings is 2. The van der Waals surface area contributed by atoms with Gasteiger partial charge in [-0.3, -0.25) is 9.69 Å². The number of nitrogens with one attached hydrogen (secondary N) is 2. The number of fused-ring (bicyclic) bond motifs is 1. The van der Waals surface area contributed by atoms with Gasteiger partial charge in [0, 0.05) is 54.2 Å². The van der Waals surface area contributed by atoms with Crippen LogP contribution in [0.1, 0.15) is 10.4 Å². The summed E-state index contributed by atoms with van der Waals surface area (Å²) in [7, 11) is 0. The molecule has 8 heteroatoms. The van der Waals surface area contributed by atoms with Crippen LogP contribution in [-0.2, 0) is 4.74 Å². The van der Waals surface area contributed by atoms with E-state index in [0.29, 0.717) is 23.7 Å². The fraction of sp³-hybridized carbons (Fsp3) is 0.222. The predicted octanol–water partition coefficient (Wildman–Crippen LogP) is 4.34. The third kappa shape index (κ3) is 5.92. The molecule has 3 heterocycles. The maximum atomic E-state index is 12.5. The molecule has 178 valence electrons. The van der Waals surface area contributed by atoms with Crippen molar-refractivity contribution in [2.45, 2.75) is 0 Å². The number of rotatable bonds is 8. The van der Waals surface area contributed by atoms with Gasteiger partial charge >= 0.3 is 0 Å². The van der Waals surface area contributed by atoms with E-state index in [-0.39, 0.29) is 5.91 Å². The number of aromatic nitrogens is 2.